The quantitative estimate of drug-likeness (QED) is 0.116. The third kappa shape index (κ3) is 5.35. The van der Waals surface area contributed by atoms with Crippen molar-refractivity contribution in [3.8, 4) is 0 Å². The van der Waals surface area contributed by atoms with E-state index < -0.39 is 0 Å². The molecule has 0 nitrogen and oxygen atoms in total. The van der Waals surface area contributed by atoms with Crippen LogP contribution in [0.4, 0.5) is 0 Å². The summed E-state index contributed by atoms with van der Waals surface area (Å²) in [5, 5.41) is 23.6. The summed E-state index contributed by atoms with van der Waals surface area (Å²) in [6.07, 6.45) is 14.2. The Kier molecular flexibility index (Phi) is 7.75. The van der Waals surface area contributed by atoms with Crippen molar-refractivity contribution in [2.45, 2.75) is 20.8 Å². The molecule has 13 aromatic rings. The predicted molar refractivity (Wildman–Crippen MR) is 278 cm³/mol. The predicted octanol–water partition coefficient (Wildman–Crippen LogP) is 17.8. The van der Waals surface area contributed by atoms with E-state index in [1.54, 1.807) is 0 Å². The van der Waals surface area contributed by atoms with Crippen LogP contribution in [-0.4, -0.2) is 0 Å². The van der Waals surface area contributed by atoms with E-state index in [0.717, 1.165) is 0 Å². The van der Waals surface area contributed by atoms with Crippen LogP contribution < -0.4 is 0 Å². The summed E-state index contributed by atoms with van der Waals surface area (Å²) in [4.78, 5) is 0. The number of hydrogen-bond acceptors (Lipinski definition) is 0. The normalized spacial score (nSPS) is 12.8. The lowest BCUT2D eigenvalue weighted by atomic mass is 9.86. The Morgan fingerprint density at radius 3 is 0.714 bits per heavy atom. The van der Waals surface area contributed by atoms with E-state index in [-0.39, 0.29) is 0 Å². The third-order valence-electron chi connectivity index (χ3n) is 14.4. The lowest BCUT2D eigenvalue weighted by Crippen LogP contribution is -2.00. The number of hydrogen-bond donors (Lipinski definition) is 0. The zero-order chi connectivity index (χ0) is 41.9. The maximum atomic E-state index is 2.37. The van der Waals surface area contributed by atoms with Crippen molar-refractivity contribution in [3.05, 3.63) is 214 Å². The van der Waals surface area contributed by atoms with E-state index in [4.69, 9.17) is 0 Å². The van der Waals surface area contributed by atoms with Gasteiger partial charge in [0.1, 0.15) is 0 Å². The number of rotatable bonds is 6. The highest BCUT2D eigenvalue weighted by Gasteiger charge is 2.17. The van der Waals surface area contributed by atoms with Crippen LogP contribution in [0.5, 0.6) is 0 Å². The van der Waals surface area contributed by atoms with Gasteiger partial charge in [0.2, 0.25) is 0 Å². The number of benzene rings is 13. The van der Waals surface area contributed by atoms with Crippen molar-refractivity contribution >= 4 is 133 Å². The third-order valence-corrected chi connectivity index (χ3v) is 14.4. The molecule has 0 aliphatic heterocycles. The van der Waals surface area contributed by atoms with Crippen LogP contribution in [0.2, 0.25) is 0 Å². The second-order valence-electron chi connectivity index (χ2n) is 17.6. The first-order chi connectivity index (χ1) is 31.0. The monoisotopic (exact) mass is 798 g/mol. The smallest absolute Gasteiger partial charge is 0.00208 e. The van der Waals surface area contributed by atoms with E-state index >= 15 is 0 Å². The van der Waals surface area contributed by atoms with Crippen LogP contribution >= 0.6 is 0 Å². The molecule has 0 aliphatic rings. The Hall–Kier alpha value is -7.80. The summed E-state index contributed by atoms with van der Waals surface area (Å²) >= 11 is 0. The Balaban J connectivity index is 0.991. The molecule has 0 radical (unpaired) electrons. The van der Waals surface area contributed by atoms with Crippen molar-refractivity contribution in [2.24, 2.45) is 0 Å². The molecule has 0 saturated carbocycles. The molecule has 0 heterocycles. The molecular weight excluding hydrogens is 757 g/mol. The second-order valence-corrected chi connectivity index (χ2v) is 17.6. The summed E-state index contributed by atoms with van der Waals surface area (Å²) < 4.78 is 0. The first-order valence-corrected chi connectivity index (χ1v) is 22.2. The molecule has 13 rings (SSSR count). The molecular formula is C63H42. The van der Waals surface area contributed by atoms with Crippen molar-refractivity contribution in [1.82, 2.24) is 0 Å². The molecule has 0 spiro atoms. The van der Waals surface area contributed by atoms with E-state index in [2.05, 4.69) is 221 Å². The van der Waals surface area contributed by atoms with Gasteiger partial charge in [0.05, 0.1) is 0 Å². The summed E-state index contributed by atoms with van der Waals surface area (Å²) in [5.74, 6) is 0. The summed E-state index contributed by atoms with van der Waals surface area (Å²) in [7, 11) is 0. The second kappa shape index (κ2) is 13.6. The lowest BCUT2D eigenvalue weighted by molar-refractivity contribution is 1.27. The molecule has 0 N–H and O–H groups in total. The van der Waals surface area contributed by atoms with Crippen LogP contribution in [-0.2, 0) is 0 Å². The van der Waals surface area contributed by atoms with Crippen LogP contribution in [0, 0.1) is 20.8 Å². The Labute approximate surface area is 366 Å². The minimum Gasteiger partial charge on any atom is -0.0610 e. The van der Waals surface area contributed by atoms with Gasteiger partial charge in [-0.05, 0) is 168 Å². The van der Waals surface area contributed by atoms with Crippen molar-refractivity contribution in [1.29, 1.82) is 0 Å². The fourth-order valence-corrected chi connectivity index (χ4v) is 11.3. The van der Waals surface area contributed by atoms with Gasteiger partial charge in [0, 0.05) is 0 Å². The molecule has 63 heavy (non-hydrogen) atoms. The lowest BCUT2D eigenvalue weighted by Gasteiger charge is -2.18. The van der Waals surface area contributed by atoms with Gasteiger partial charge < -0.3 is 0 Å². The molecule has 0 amide bonds. The molecule has 0 atom stereocenters. The average molecular weight is 799 g/mol. The SMILES string of the molecule is Cc1c(/C=C/c2ccc3ccc4cccc5ccc2c3c45)c(C)c(/C=C/c2ccc3ccc4cccc5ccc2c3c45)c(C)c1/C=C/c1ccc2ccc3cccc4ccc1c2c34. The van der Waals surface area contributed by atoms with Gasteiger partial charge in [0.15, 0.2) is 0 Å². The van der Waals surface area contributed by atoms with Crippen molar-refractivity contribution in [2.75, 3.05) is 0 Å². The van der Waals surface area contributed by atoms with Crippen LogP contribution in [0.25, 0.3) is 133 Å². The molecule has 294 valence electrons. The Morgan fingerprint density at radius 1 is 0.222 bits per heavy atom. The molecule has 13 aromatic carbocycles. The minimum atomic E-state index is 1.23. The standard InChI is InChI=1S/C63H42/c1-37-52(31-25-40-13-16-49-22-19-43-7-4-10-46-28-34-55(40)61(49)58(43)46)38(2)54(33-27-42-15-18-51-24-21-45-9-6-12-48-30-36-57(42)63(51)60(45)48)39(3)53(37)32-26-41-14-17-50-23-20-44-8-5-11-47-29-35-56(41)62(50)59(44)47/h4-36H,1-3H3/b31-25+,32-26+,33-27+. The van der Waals surface area contributed by atoms with Crippen LogP contribution in [0.3, 0.4) is 0 Å². The fraction of sp³-hybridized carbons (Fsp3) is 0.0476. The zero-order valence-corrected chi connectivity index (χ0v) is 35.6. The first-order valence-electron chi connectivity index (χ1n) is 22.2. The summed E-state index contributed by atoms with van der Waals surface area (Å²) in [5.41, 5.74) is 11.3. The van der Waals surface area contributed by atoms with Crippen molar-refractivity contribution in [3.63, 3.8) is 0 Å². The highest BCUT2D eigenvalue weighted by molar-refractivity contribution is 6.27. The first kappa shape index (κ1) is 35.9. The van der Waals surface area contributed by atoms with Crippen LogP contribution in [0.15, 0.2) is 164 Å². The van der Waals surface area contributed by atoms with E-state index in [0.29, 0.717) is 0 Å². The van der Waals surface area contributed by atoms with E-state index in [1.165, 1.54) is 147 Å². The summed E-state index contributed by atoms with van der Waals surface area (Å²) in [6, 6.07) is 61.0. The van der Waals surface area contributed by atoms with Gasteiger partial charge in [-0.3, -0.25) is 0 Å². The van der Waals surface area contributed by atoms with Gasteiger partial charge in [-0.15, -0.1) is 0 Å². The van der Waals surface area contributed by atoms with E-state index in [1.807, 2.05) is 0 Å². The van der Waals surface area contributed by atoms with Gasteiger partial charge >= 0.3 is 0 Å². The maximum absolute atomic E-state index is 2.37. The largest absolute Gasteiger partial charge is 0.0610 e. The Bertz CT molecular complexity index is 3600. The van der Waals surface area contributed by atoms with Crippen molar-refractivity contribution < 1.29 is 0 Å². The fourth-order valence-electron chi connectivity index (χ4n) is 11.3. The van der Waals surface area contributed by atoms with Gasteiger partial charge in [-0.25, -0.2) is 0 Å². The molecule has 0 bridgehead atoms. The topological polar surface area (TPSA) is 0 Å². The zero-order valence-electron chi connectivity index (χ0n) is 35.6. The maximum Gasteiger partial charge on any atom is -0.00208 e. The van der Waals surface area contributed by atoms with Gasteiger partial charge in [0.25, 0.3) is 0 Å². The molecule has 0 fully saturated rings. The summed E-state index contributed by atoms with van der Waals surface area (Å²) in [6.45, 7) is 6.92. The molecule has 0 aliphatic carbocycles. The average Bonchev–Trinajstić information content (AvgIpc) is 3.32. The van der Waals surface area contributed by atoms with Gasteiger partial charge in [-0.2, -0.15) is 0 Å². The Morgan fingerprint density at radius 2 is 0.444 bits per heavy atom. The highest BCUT2D eigenvalue weighted by atomic mass is 14.2. The minimum absolute atomic E-state index is 1.23. The molecule has 0 aromatic heterocycles. The highest BCUT2D eigenvalue weighted by Crippen LogP contribution is 2.41. The molecule has 0 saturated heterocycles. The van der Waals surface area contributed by atoms with Crippen LogP contribution in [0.1, 0.15) is 50.1 Å². The molecule has 0 unspecified atom stereocenters. The van der Waals surface area contributed by atoms with E-state index in [9.17, 15) is 0 Å². The molecule has 0 heteroatoms. The van der Waals surface area contributed by atoms with Gasteiger partial charge in [-0.1, -0.05) is 200 Å².